The van der Waals surface area contributed by atoms with Crippen molar-refractivity contribution in [1.82, 2.24) is 0 Å². The van der Waals surface area contributed by atoms with Gasteiger partial charge in [-0.3, -0.25) is 0 Å². The Morgan fingerprint density at radius 3 is 2.60 bits per heavy atom. The van der Waals surface area contributed by atoms with E-state index in [0.29, 0.717) is 0 Å². The first-order chi connectivity index (χ1) is 7.21. The SMILES string of the molecule is COc1cccc(C2(N)CCC2)c1SC. The van der Waals surface area contributed by atoms with Gasteiger partial charge in [-0.25, -0.2) is 0 Å². The maximum absolute atomic E-state index is 6.36. The molecule has 82 valence electrons. The fraction of sp³-hybridized carbons (Fsp3) is 0.500. The van der Waals surface area contributed by atoms with E-state index in [9.17, 15) is 0 Å². The number of ether oxygens (including phenoxy) is 1. The predicted octanol–water partition coefficient (Wildman–Crippen LogP) is 2.76. The summed E-state index contributed by atoms with van der Waals surface area (Å²) in [6, 6.07) is 6.16. The molecule has 0 saturated heterocycles. The Bertz CT molecular complexity index is 361. The highest BCUT2D eigenvalue weighted by Crippen LogP contribution is 2.45. The zero-order valence-electron chi connectivity index (χ0n) is 9.25. The van der Waals surface area contributed by atoms with Gasteiger partial charge in [-0.1, -0.05) is 12.1 Å². The molecular formula is C12H17NOS. The Morgan fingerprint density at radius 1 is 1.40 bits per heavy atom. The summed E-state index contributed by atoms with van der Waals surface area (Å²) in [5, 5.41) is 0. The molecule has 0 unspecified atom stereocenters. The van der Waals surface area contributed by atoms with Crippen molar-refractivity contribution in [2.75, 3.05) is 13.4 Å². The number of hydrogen-bond acceptors (Lipinski definition) is 3. The van der Waals surface area contributed by atoms with Gasteiger partial charge in [0.25, 0.3) is 0 Å². The standard InChI is InChI=1S/C12H17NOS/c1-14-10-6-3-5-9(11(10)15-2)12(13)7-4-8-12/h3,5-6H,4,7-8,13H2,1-2H3. The summed E-state index contributed by atoms with van der Waals surface area (Å²) in [5.41, 5.74) is 7.50. The topological polar surface area (TPSA) is 35.2 Å². The van der Waals surface area contributed by atoms with Crippen LogP contribution in [0.1, 0.15) is 24.8 Å². The lowest BCUT2D eigenvalue weighted by Crippen LogP contribution is -2.43. The van der Waals surface area contributed by atoms with Gasteiger partial charge in [0, 0.05) is 5.54 Å². The van der Waals surface area contributed by atoms with Crippen molar-refractivity contribution in [2.45, 2.75) is 29.7 Å². The minimum atomic E-state index is -0.104. The summed E-state index contributed by atoms with van der Waals surface area (Å²) >= 11 is 1.72. The fourth-order valence-corrected chi connectivity index (χ4v) is 2.95. The third-order valence-electron chi connectivity index (χ3n) is 3.19. The molecule has 0 heterocycles. The van der Waals surface area contributed by atoms with E-state index in [1.165, 1.54) is 16.9 Å². The minimum absolute atomic E-state index is 0.104. The van der Waals surface area contributed by atoms with E-state index in [0.717, 1.165) is 18.6 Å². The molecule has 1 fully saturated rings. The third-order valence-corrected chi connectivity index (χ3v) is 4.01. The van der Waals surface area contributed by atoms with Crippen molar-refractivity contribution in [2.24, 2.45) is 5.73 Å². The molecule has 0 amide bonds. The highest BCUT2D eigenvalue weighted by Gasteiger charge is 2.36. The molecule has 2 N–H and O–H groups in total. The van der Waals surface area contributed by atoms with Crippen molar-refractivity contribution < 1.29 is 4.74 Å². The molecule has 0 spiro atoms. The largest absolute Gasteiger partial charge is 0.496 e. The summed E-state index contributed by atoms with van der Waals surface area (Å²) in [6.07, 6.45) is 5.49. The van der Waals surface area contributed by atoms with Crippen LogP contribution in [0.5, 0.6) is 5.75 Å². The second kappa shape index (κ2) is 4.06. The highest BCUT2D eigenvalue weighted by molar-refractivity contribution is 7.98. The minimum Gasteiger partial charge on any atom is -0.496 e. The average molecular weight is 223 g/mol. The van der Waals surface area contributed by atoms with Gasteiger partial charge in [0.15, 0.2) is 0 Å². The molecule has 1 aliphatic carbocycles. The molecule has 1 saturated carbocycles. The van der Waals surface area contributed by atoms with E-state index in [-0.39, 0.29) is 5.54 Å². The summed E-state index contributed by atoms with van der Waals surface area (Å²) in [5.74, 6) is 0.941. The maximum atomic E-state index is 6.36. The molecule has 1 aromatic rings. The Labute approximate surface area is 95.2 Å². The Hall–Kier alpha value is -0.670. The lowest BCUT2D eigenvalue weighted by molar-refractivity contribution is 0.247. The highest BCUT2D eigenvalue weighted by atomic mass is 32.2. The number of hydrogen-bond donors (Lipinski definition) is 1. The van der Waals surface area contributed by atoms with E-state index in [1.807, 2.05) is 12.1 Å². The average Bonchev–Trinajstić information content (AvgIpc) is 2.24. The van der Waals surface area contributed by atoms with Gasteiger partial charge in [-0.05, 0) is 37.1 Å². The van der Waals surface area contributed by atoms with Crippen LogP contribution < -0.4 is 10.5 Å². The molecular weight excluding hydrogens is 206 g/mol. The molecule has 1 aliphatic rings. The van der Waals surface area contributed by atoms with Crippen LogP contribution in [0.15, 0.2) is 23.1 Å². The van der Waals surface area contributed by atoms with Gasteiger partial charge in [0.05, 0.1) is 12.0 Å². The first-order valence-electron chi connectivity index (χ1n) is 5.21. The van der Waals surface area contributed by atoms with E-state index < -0.39 is 0 Å². The summed E-state index contributed by atoms with van der Waals surface area (Å²) in [6.45, 7) is 0. The first-order valence-corrected chi connectivity index (χ1v) is 6.44. The number of methoxy groups -OCH3 is 1. The molecule has 0 bridgehead atoms. The molecule has 2 nitrogen and oxygen atoms in total. The van der Waals surface area contributed by atoms with Crippen LogP contribution in [0.3, 0.4) is 0 Å². The van der Waals surface area contributed by atoms with Crippen LogP contribution in [0.4, 0.5) is 0 Å². The van der Waals surface area contributed by atoms with Gasteiger partial charge in [0.2, 0.25) is 0 Å². The quantitative estimate of drug-likeness (QED) is 0.800. The van der Waals surface area contributed by atoms with Crippen LogP contribution in [0.2, 0.25) is 0 Å². The zero-order valence-corrected chi connectivity index (χ0v) is 10.1. The number of rotatable bonds is 3. The lowest BCUT2D eigenvalue weighted by Gasteiger charge is -2.39. The normalized spacial score (nSPS) is 18.3. The first kappa shape index (κ1) is 10.8. The van der Waals surface area contributed by atoms with E-state index >= 15 is 0 Å². The maximum Gasteiger partial charge on any atom is 0.132 e. The predicted molar refractivity (Wildman–Crippen MR) is 64.5 cm³/mol. The summed E-state index contributed by atoms with van der Waals surface area (Å²) in [4.78, 5) is 1.20. The molecule has 3 heteroatoms. The van der Waals surface area contributed by atoms with Crippen LogP contribution in [0, 0.1) is 0 Å². The van der Waals surface area contributed by atoms with E-state index in [4.69, 9.17) is 10.5 Å². The van der Waals surface area contributed by atoms with E-state index in [1.54, 1.807) is 18.9 Å². The van der Waals surface area contributed by atoms with Gasteiger partial charge in [-0.15, -0.1) is 11.8 Å². The van der Waals surface area contributed by atoms with E-state index in [2.05, 4.69) is 12.3 Å². The van der Waals surface area contributed by atoms with Gasteiger partial charge in [-0.2, -0.15) is 0 Å². The Morgan fingerprint density at radius 2 is 2.13 bits per heavy atom. The van der Waals surface area contributed by atoms with Gasteiger partial charge in [0.1, 0.15) is 5.75 Å². The fourth-order valence-electron chi connectivity index (χ4n) is 2.11. The van der Waals surface area contributed by atoms with Crippen LogP contribution in [0.25, 0.3) is 0 Å². The number of benzene rings is 1. The van der Waals surface area contributed by atoms with Gasteiger partial charge < -0.3 is 10.5 Å². The Balaban J connectivity index is 2.46. The van der Waals surface area contributed by atoms with Crippen molar-refractivity contribution in [1.29, 1.82) is 0 Å². The van der Waals surface area contributed by atoms with Gasteiger partial charge >= 0.3 is 0 Å². The third kappa shape index (κ3) is 1.74. The molecule has 0 radical (unpaired) electrons. The monoisotopic (exact) mass is 223 g/mol. The molecule has 2 rings (SSSR count). The summed E-state index contributed by atoms with van der Waals surface area (Å²) in [7, 11) is 1.71. The van der Waals surface area contributed by atoms with Crippen LogP contribution >= 0.6 is 11.8 Å². The van der Waals surface area contributed by atoms with Crippen LogP contribution in [-0.2, 0) is 5.54 Å². The number of nitrogens with two attached hydrogens (primary N) is 1. The summed E-state index contributed by atoms with van der Waals surface area (Å²) < 4.78 is 5.36. The lowest BCUT2D eigenvalue weighted by atomic mass is 9.73. The second-order valence-electron chi connectivity index (χ2n) is 4.05. The Kier molecular flexibility index (Phi) is 2.94. The van der Waals surface area contributed by atoms with Crippen molar-refractivity contribution in [3.8, 4) is 5.75 Å². The number of thioether (sulfide) groups is 1. The molecule has 0 aliphatic heterocycles. The molecule has 15 heavy (non-hydrogen) atoms. The van der Waals surface area contributed by atoms with Crippen molar-refractivity contribution >= 4 is 11.8 Å². The van der Waals surface area contributed by atoms with Crippen LogP contribution in [-0.4, -0.2) is 13.4 Å². The molecule has 0 aromatic heterocycles. The second-order valence-corrected chi connectivity index (χ2v) is 4.87. The van der Waals surface area contributed by atoms with Crippen molar-refractivity contribution in [3.63, 3.8) is 0 Å². The smallest absolute Gasteiger partial charge is 0.132 e. The molecule has 0 atom stereocenters. The van der Waals surface area contributed by atoms with Crippen molar-refractivity contribution in [3.05, 3.63) is 23.8 Å². The zero-order chi connectivity index (χ0) is 10.9. The molecule has 1 aromatic carbocycles.